The van der Waals surface area contributed by atoms with Crippen molar-refractivity contribution in [1.82, 2.24) is 10.2 Å². The lowest BCUT2D eigenvalue weighted by Crippen LogP contribution is -1.94. The van der Waals surface area contributed by atoms with Crippen LogP contribution < -0.4 is 5.32 Å². The summed E-state index contributed by atoms with van der Waals surface area (Å²) in [6, 6.07) is 8.36. The zero-order chi connectivity index (χ0) is 14.5. The predicted molar refractivity (Wildman–Crippen MR) is 84.6 cm³/mol. The fourth-order valence-electron chi connectivity index (χ4n) is 1.55. The Morgan fingerprint density at radius 3 is 2.95 bits per heavy atom. The topological polar surface area (TPSA) is 61.6 Å². The lowest BCUT2D eigenvalue weighted by molar-refractivity contribution is 0.862. The number of hydrogen-bond donors (Lipinski definition) is 1. The summed E-state index contributed by atoms with van der Waals surface area (Å²) >= 11 is 3.09. The van der Waals surface area contributed by atoms with Crippen LogP contribution in [0.2, 0.25) is 0 Å². The minimum atomic E-state index is 0.0272. The molecular weight excluding hydrogens is 288 g/mol. The highest BCUT2D eigenvalue weighted by atomic mass is 32.2. The molecule has 0 radical (unpaired) electrons. The molecule has 0 unspecified atom stereocenters. The molecule has 0 amide bonds. The van der Waals surface area contributed by atoms with Crippen LogP contribution in [0.1, 0.15) is 18.1 Å². The number of aromatic nitrogens is 2. The highest BCUT2D eigenvalue weighted by molar-refractivity contribution is 8.01. The molecule has 0 saturated heterocycles. The Kier molecular flexibility index (Phi) is 4.99. The number of anilines is 2. The maximum absolute atomic E-state index is 8.76. The number of benzene rings is 1. The Hall–Kier alpha value is -1.58. The quantitative estimate of drug-likeness (QED) is 0.841. The average Bonchev–Trinajstić information content (AvgIpc) is 2.89. The number of nitrogens with zero attached hydrogens (tertiary/aromatic N) is 3. The zero-order valence-corrected chi connectivity index (χ0v) is 13.3. The predicted octanol–water partition coefficient (Wildman–Crippen LogP) is 4.15. The normalized spacial score (nSPS) is 11.9. The van der Waals surface area contributed by atoms with E-state index in [1.54, 1.807) is 11.8 Å². The number of nitrogens with one attached hydrogen (secondary N) is 1. The van der Waals surface area contributed by atoms with Crippen molar-refractivity contribution in [3.8, 4) is 6.07 Å². The van der Waals surface area contributed by atoms with Crippen LogP contribution in [0.3, 0.4) is 0 Å². The molecule has 0 fully saturated rings. The van der Waals surface area contributed by atoms with Crippen molar-refractivity contribution in [1.29, 1.82) is 5.26 Å². The maximum atomic E-state index is 8.76. The molecule has 0 aliphatic rings. The van der Waals surface area contributed by atoms with Crippen molar-refractivity contribution in [2.24, 2.45) is 5.92 Å². The van der Waals surface area contributed by atoms with Gasteiger partial charge in [0, 0.05) is 11.4 Å². The van der Waals surface area contributed by atoms with Crippen LogP contribution >= 0.6 is 23.1 Å². The minimum Gasteiger partial charge on any atom is -0.330 e. The first-order valence-corrected chi connectivity index (χ1v) is 8.09. The largest absolute Gasteiger partial charge is 0.330 e. The van der Waals surface area contributed by atoms with E-state index in [4.69, 9.17) is 5.26 Å². The van der Waals surface area contributed by atoms with Gasteiger partial charge in [0.25, 0.3) is 0 Å². The Morgan fingerprint density at radius 1 is 1.40 bits per heavy atom. The number of rotatable bonds is 5. The van der Waals surface area contributed by atoms with E-state index in [0.29, 0.717) is 0 Å². The lowest BCUT2D eigenvalue weighted by Gasteiger charge is -2.08. The summed E-state index contributed by atoms with van der Waals surface area (Å²) in [7, 11) is 0. The SMILES string of the molecule is Cc1cccc(Nc2nnc(SC[C@H](C)C#N)s2)c1C. The summed E-state index contributed by atoms with van der Waals surface area (Å²) in [6.45, 7) is 6.08. The summed E-state index contributed by atoms with van der Waals surface area (Å²) in [5.41, 5.74) is 3.52. The van der Waals surface area contributed by atoms with Gasteiger partial charge in [-0.25, -0.2) is 0 Å². The molecule has 4 nitrogen and oxygen atoms in total. The van der Waals surface area contributed by atoms with E-state index in [0.717, 1.165) is 20.9 Å². The van der Waals surface area contributed by atoms with Crippen LogP contribution in [-0.4, -0.2) is 16.0 Å². The van der Waals surface area contributed by atoms with Gasteiger partial charge in [0.05, 0.1) is 12.0 Å². The van der Waals surface area contributed by atoms with E-state index in [1.165, 1.54) is 22.5 Å². The zero-order valence-electron chi connectivity index (χ0n) is 11.7. The van der Waals surface area contributed by atoms with Crippen molar-refractivity contribution in [3.63, 3.8) is 0 Å². The Balaban J connectivity index is 2.03. The molecular formula is C14H16N4S2. The third-order valence-corrected chi connectivity index (χ3v) is 5.16. The van der Waals surface area contributed by atoms with Gasteiger partial charge in [-0.05, 0) is 38.0 Å². The molecule has 1 aromatic carbocycles. The van der Waals surface area contributed by atoms with E-state index in [1.807, 2.05) is 19.1 Å². The summed E-state index contributed by atoms with van der Waals surface area (Å²) in [4.78, 5) is 0. The second kappa shape index (κ2) is 6.73. The second-order valence-electron chi connectivity index (χ2n) is 4.59. The van der Waals surface area contributed by atoms with Crippen LogP contribution in [-0.2, 0) is 0 Å². The van der Waals surface area contributed by atoms with Gasteiger partial charge >= 0.3 is 0 Å². The Bertz CT molecular complexity index is 630. The van der Waals surface area contributed by atoms with Gasteiger partial charge in [-0.2, -0.15) is 5.26 Å². The molecule has 1 atom stereocenters. The van der Waals surface area contributed by atoms with Crippen LogP contribution in [0.15, 0.2) is 22.5 Å². The van der Waals surface area contributed by atoms with Crippen LogP contribution in [0.4, 0.5) is 10.8 Å². The molecule has 6 heteroatoms. The number of aryl methyl sites for hydroxylation is 1. The molecule has 2 rings (SSSR count). The molecule has 0 aliphatic heterocycles. The molecule has 0 aliphatic carbocycles. The number of thioether (sulfide) groups is 1. The number of hydrogen-bond acceptors (Lipinski definition) is 6. The molecule has 104 valence electrons. The first-order chi connectivity index (χ1) is 9.60. The molecule has 0 spiro atoms. The van der Waals surface area contributed by atoms with Crippen molar-refractivity contribution in [2.75, 3.05) is 11.1 Å². The van der Waals surface area contributed by atoms with Crippen LogP contribution in [0, 0.1) is 31.1 Å². The standard InChI is InChI=1S/C14H16N4S2/c1-9(7-15)8-19-14-18-17-13(20-14)16-12-6-4-5-10(2)11(12)3/h4-6,9H,8H2,1-3H3,(H,16,17)/t9-/m1/s1. The van der Waals surface area contributed by atoms with E-state index in [-0.39, 0.29) is 5.92 Å². The molecule has 1 heterocycles. The van der Waals surface area contributed by atoms with Gasteiger partial charge in [-0.1, -0.05) is 35.2 Å². The average molecular weight is 304 g/mol. The van der Waals surface area contributed by atoms with Gasteiger partial charge < -0.3 is 5.32 Å². The highest BCUT2D eigenvalue weighted by Gasteiger charge is 2.09. The van der Waals surface area contributed by atoms with Gasteiger partial charge in [-0.15, -0.1) is 10.2 Å². The molecule has 20 heavy (non-hydrogen) atoms. The number of nitriles is 1. The van der Waals surface area contributed by atoms with Crippen molar-refractivity contribution in [2.45, 2.75) is 25.1 Å². The van der Waals surface area contributed by atoms with E-state index in [2.05, 4.69) is 41.5 Å². The van der Waals surface area contributed by atoms with E-state index in [9.17, 15) is 0 Å². The van der Waals surface area contributed by atoms with Gasteiger partial charge in [0.15, 0.2) is 4.34 Å². The molecule has 0 bridgehead atoms. The van der Waals surface area contributed by atoms with E-state index < -0.39 is 0 Å². The fraction of sp³-hybridized carbons (Fsp3) is 0.357. The summed E-state index contributed by atoms with van der Waals surface area (Å²) in [5, 5.41) is 21.1. The fourth-order valence-corrected chi connectivity index (χ4v) is 3.29. The Labute approximate surface area is 127 Å². The minimum absolute atomic E-state index is 0.0272. The monoisotopic (exact) mass is 304 g/mol. The van der Waals surface area contributed by atoms with E-state index >= 15 is 0 Å². The first kappa shape index (κ1) is 14.8. The van der Waals surface area contributed by atoms with Crippen molar-refractivity contribution < 1.29 is 0 Å². The van der Waals surface area contributed by atoms with Gasteiger partial charge in [0.2, 0.25) is 5.13 Å². The van der Waals surface area contributed by atoms with Gasteiger partial charge in [-0.3, -0.25) is 0 Å². The maximum Gasteiger partial charge on any atom is 0.210 e. The van der Waals surface area contributed by atoms with Crippen molar-refractivity contribution >= 4 is 33.9 Å². The van der Waals surface area contributed by atoms with Crippen LogP contribution in [0.25, 0.3) is 0 Å². The smallest absolute Gasteiger partial charge is 0.210 e. The molecule has 2 aromatic rings. The van der Waals surface area contributed by atoms with Crippen molar-refractivity contribution in [3.05, 3.63) is 29.3 Å². The highest BCUT2D eigenvalue weighted by Crippen LogP contribution is 2.30. The third-order valence-electron chi connectivity index (χ3n) is 2.93. The third kappa shape index (κ3) is 3.71. The molecule has 1 aromatic heterocycles. The lowest BCUT2D eigenvalue weighted by atomic mass is 10.1. The summed E-state index contributed by atoms with van der Waals surface area (Å²) < 4.78 is 0.889. The second-order valence-corrected chi connectivity index (χ2v) is 6.83. The summed E-state index contributed by atoms with van der Waals surface area (Å²) in [6.07, 6.45) is 0. The summed E-state index contributed by atoms with van der Waals surface area (Å²) in [5.74, 6) is 0.772. The Morgan fingerprint density at radius 2 is 2.20 bits per heavy atom. The molecule has 1 N–H and O–H groups in total. The molecule has 0 saturated carbocycles. The first-order valence-electron chi connectivity index (χ1n) is 6.29. The van der Waals surface area contributed by atoms with Crippen LogP contribution in [0.5, 0.6) is 0 Å². The van der Waals surface area contributed by atoms with Gasteiger partial charge in [0.1, 0.15) is 0 Å².